The monoisotopic (exact) mass is 204 g/mol. The molecule has 0 aromatic rings. The van der Waals surface area contributed by atoms with Gasteiger partial charge in [-0.1, -0.05) is 0 Å². The number of nitrogens with two attached hydrogens (primary N) is 1. The standard InChI is InChI=1S/C8H13ClN2O2/c1-8(7(10)13)2-3-11(5-8)6(12)4-9/h2-5H2,1H3,(H2,10,13). The van der Waals surface area contributed by atoms with Gasteiger partial charge in [-0.15, -0.1) is 11.6 Å². The number of rotatable bonds is 2. The summed E-state index contributed by atoms with van der Waals surface area (Å²) < 4.78 is 0. The third-order valence-corrected chi connectivity index (χ3v) is 2.76. The van der Waals surface area contributed by atoms with Crippen LogP contribution in [0.25, 0.3) is 0 Å². The lowest BCUT2D eigenvalue weighted by Gasteiger charge is -2.20. The number of hydrogen-bond acceptors (Lipinski definition) is 2. The number of amides is 2. The Labute approximate surface area is 82.0 Å². The van der Waals surface area contributed by atoms with Crippen LogP contribution < -0.4 is 5.73 Å². The molecule has 0 radical (unpaired) electrons. The molecule has 1 atom stereocenters. The topological polar surface area (TPSA) is 63.4 Å². The van der Waals surface area contributed by atoms with Gasteiger partial charge < -0.3 is 10.6 Å². The fourth-order valence-corrected chi connectivity index (χ4v) is 1.63. The lowest BCUT2D eigenvalue weighted by molar-refractivity contribution is -0.129. The van der Waals surface area contributed by atoms with Crippen molar-refractivity contribution in [2.45, 2.75) is 13.3 Å². The third-order valence-electron chi connectivity index (χ3n) is 2.54. The van der Waals surface area contributed by atoms with E-state index in [9.17, 15) is 9.59 Å². The predicted molar refractivity (Wildman–Crippen MR) is 49.2 cm³/mol. The molecule has 0 aliphatic carbocycles. The van der Waals surface area contributed by atoms with E-state index in [4.69, 9.17) is 17.3 Å². The zero-order valence-corrected chi connectivity index (χ0v) is 8.30. The van der Waals surface area contributed by atoms with Gasteiger partial charge in [-0.25, -0.2) is 0 Å². The van der Waals surface area contributed by atoms with Crippen LogP contribution in [0.5, 0.6) is 0 Å². The van der Waals surface area contributed by atoms with E-state index >= 15 is 0 Å². The molecule has 4 nitrogen and oxygen atoms in total. The van der Waals surface area contributed by atoms with Crippen molar-refractivity contribution in [1.82, 2.24) is 4.90 Å². The Morgan fingerprint density at radius 1 is 1.62 bits per heavy atom. The molecule has 13 heavy (non-hydrogen) atoms. The summed E-state index contributed by atoms with van der Waals surface area (Å²) in [6.07, 6.45) is 0.630. The molecule has 0 aromatic carbocycles. The van der Waals surface area contributed by atoms with E-state index in [-0.39, 0.29) is 17.7 Å². The van der Waals surface area contributed by atoms with E-state index in [0.29, 0.717) is 19.5 Å². The lowest BCUT2D eigenvalue weighted by atomic mass is 9.89. The van der Waals surface area contributed by atoms with Crippen molar-refractivity contribution in [3.8, 4) is 0 Å². The third kappa shape index (κ3) is 1.94. The molecular weight excluding hydrogens is 192 g/mol. The van der Waals surface area contributed by atoms with Crippen LogP contribution in [0.15, 0.2) is 0 Å². The van der Waals surface area contributed by atoms with Crippen LogP contribution in [-0.4, -0.2) is 35.7 Å². The summed E-state index contributed by atoms with van der Waals surface area (Å²) in [6.45, 7) is 2.75. The van der Waals surface area contributed by atoms with Crippen molar-refractivity contribution >= 4 is 23.4 Å². The van der Waals surface area contributed by atoms with Crippen molar-refractivity contribution in [3.63, 3.8) is 0 Å². The first kappa shape index (κ1) is 10.3. The molecule has 1 fully saturated rings. The fraction of sp³-hybridized carbons (Fsp3) is 0.750. The van der Waals surface area contributed by atoms with Gasteiger partial charge >= 0.3 is 0 Å². The molecule has 1 unspecified atom stereocenters. The maximum absolute atomic E-state index is 11.2. The molecule has 5 heteroatoms. The summed E-state index contributed by atoms with van der Waals surface area (Å²) >= 11 is 5.40. The first-order chi connectivity index (χ1) is 5.99. The Kier molecular flexibility index (Phi) is 2.81. The highest BCUT2D eigenvalue weighted by Gasteiger charge is 2.40. The summed E-state index contributed by atoms with van der Waals surface area (Å²) in [4.78, 5) is 23.8. The Bertz CT molecular complexity index is 244. The molecule has 2 amide bonds. The summed E-state index contributed by atoms with van der Waals surface area (Å²) in [5, 5.41) is 0. The first-order valence-electron chi connectivity index (χ1n) is 4.13. The van der Waals surface area contributed by atoms with Crippen LogP contribution in [0, 0.1) is 5.41 Å². The number of nitrogens with zero attached hydrogens (tertiary/aromatic N) is 1. The Balaban J connectivity index is 2.63. The van der Waals surface area contributed by atoms with Crippen molar-refractivity contribution in [2.75, 3.05) is 19.0 Å². The van der Waals surface area contributed by atoms with Crippen molar-refractivity contribution in [2.24, 2.45) is 11.1 Å². The summed E-state index contributed by atoms with van der Waals surface area (Å²) in [5.74, 6) is -0.515. The molecule has 0 saturated carbocycles. The van der Waals surface area contributed by atoms with E-state index in [0.717, 1.165) is 0 Å². The summed E-state index contributed by atoms with van der Waals surface area (Å²) in [6, 6.07) is 0. The van der Waals surface area contributed by atoms with Crippen molar-refractivity contribution in [1.29, 1.82) is 0 Å². The number of halogens is 1. The highest BCUT2D eigenvalue weighted by atomic mass is 35.5. The molecule has 0 aromatic heterocycles. The molecule has 1 saturated heterocycles. The SMILES string of the molecule is CC1(C(N)=O)CCN(C(=O)CCl)C1. The van der Waals surface area contributed by atoms with Crippen LogP contribution in [0.2, 0.25) is 0 Å². The molecule has 0 spiro atoms. The Hall–Kier alpha value is -0.770. The van der Waals surface area contributed by atoms with Crippen LogP contribution >= 0.6 is 11.6 Å². The second kappa shape index (κ2) is 3.54. The highest BCUT2D eigenvalue weighted by molar-refractivity contribution is 6.27. The predicted octanol–water partition coefficient (Wildman–Crippen LogP) is -0.0509. The number of carbonyl (C=O) groups is 2. The second-order valence-corrected chi connectivity index (χ2v) is 3.89. The van der Waals surface area contributed by atoms with E-state index in [1.165, 1.54) is 0 Å². The average molecular weight is 205 g/mol. The number of primary amides is 1. The molecule has 0 bridgehead atoms. The van der Waals surface area contributed by atoms with Gasteiger partial charge in [0.05, 0.1) is 5.41 Å². The highest BCUT2D eigenvalue weighted by Crippen LogP contribution is 2.29. The van der Waals surface area contributed by atoms with Gasteiger partial charge in [-0.3, -0.25) is 9.59 Å². The summed E-state index contributed by atoms with van der Waals surface area (Å²) in [5.41, 5.74) is 4.66. The molecule has 1 aliphatic rings. The van der Waals surface area contributed by atoms with Crippen LogP contribution in [0.1, 0.15) is 13.3 Å². The molecular formula is C8H13ClN2O2. The fourth-order valence-electron chi connectivity index (χ4n) is 1.46. The van der Waals surface area contributed by atoms with Gasteiger partial charge in [0, 0.05) is 13.1 Å². The molecule has 1 heterocycles. The van der Waals surface area contributed by atoms with E-state index in [2.05, 4.69) is 0 Å². The largest absolute Gasteiger partial charge is 0.369 e. The van der Waals surface area contributed by atoms with Gasteiger partial charge in [-0.2, -0.15) is 0 Å². The van der Waals surface area contributed by atoms with Gasteiger partial charge in [0.1, 0.15) is 5.88 Å². The van der Waals surface area contributed by atoms with Crippen LogP contribution in [-0.2, 0) is 9.59 Å². The number of carbonyl (C=O) groups excluding carboxylic acids is 2. The molecule has 2 N–H and O–H groups in total. The molecule has 1 rings (SSSR count). The van der Waals surface area contributed by atoms with Crippen LogP contribution in [0.3, 0.4) is 0 Å². The molecule has 1 aliphatic heterocycles. The minimum atomic E-state index is -0.568. The van der Waals surface area contributed by atoms with Gasteiger partial charge in [0.15, 0.2) is 0 Å². The lowest BCUT2D eigenvalue weighted by Crippen LogP contribution is -2.39. The average Bonchev–Trinajstić information content (AvgIpc) is 2.48. The smallest absolute Gasteiger partial charge is 0.237 e. The Morgan fingerprint density at radius 3 is 2.62 bits per heavy atom. The van der Waals surface area contributed by atoms with Gasteiger partial charge in [-0.05, 0) is 13.3 Å². The second-order valence-electron chi connectivity index (χ2n) is 3.62. The van der Waals surface area contributed by atoms with E-state index in [1.807, 2.05) is 0 Å². The first-order valence-corrected chi connectivity index (χ1v) is 4.67. The maximum atomic E-state index is 11.2. The summed E-state index contributed by atoms with van der Waals surface area (Å²) in [7, 11) is 0. The normalized spacial score (nSPS) is 27.7. The minimum Gasteiger partial charge on any atom is -0.369 e. The zero-order chi connectivity index (χ0) is 10.1. The van der Waals surface area contributed by atoms with Crippen molar-refractivity contribution < 1.29 is 9.59 Å². The van der Waals surface area contributed by atoms with Gasteiger partial charge in [0.2, 0.25) is 11.8 Å². The zero-order valence-electron chi connectivity index (χ0n) is 7.55. The number of likely N-dealkylation sites (tertiary alicyclic amines) is 1. The quantitative estimate of drug-likeness (QED) is 0.641. The number of hydrogen-bond donors (Lipinski definition) is 1. The minimum absolute atomic E-state index is 0.0329. The Morgan fingerprint density at radius 2 is 2.23 bits per heavy atom. The van der Waals surface area contributed by atoms with E-state index < -0.39 is 5.41 Å². The number of alkyl halides is 1. The molecule has 74 valence electrons. The van der Waals surface area contributed by atoms with Crippen molar-refractivity contribution in [3.05, 3.63) is 0 Å². The van der Waals surface area contributed by atoms with Crippen LogP contribution in [0.4, 0.5) is 0 Å². The van der Waals surface area contributed by atoms with E-state index in [1.54, 1.807) is 11.8 Å². The van der Waals surface area contributed by atoms with Gasteiger partial charge in [0.25, 0.3) is 0 Å². The maximum Gasteiger partial charge on any atom is 0.237 e.